The molecule has 1 aromatic rings. The lowest BCUT2D eigenvalue weighted by molar-refractivity contribution is -0.120. The van der Waals surface area contributed by atoms with Gasteiger partial charge in [0.25, 0.3) is 0 Å². The molecule has 6 heteroatoms. The molecule has 0 radical (unpaired) electrons. The second-order valence-corrected chi connectivity index (χ2v) is 7.37. The number of nitrogens with two attached hydrogens (primary N) is 1. The number of hydrogen-bond acceptors (Lipinski definition) is 4. The zero-order valence-corrected chi connectivity index (χ0v) is 12.9. The number of carbonyl (C=O) groups is 1. The Labute approximate surface area is 120 Å². The fraction of sp³-hybridized carbons (Fsp3) is 0.500. The molecule has 0 spiro atoms. The number of amides is 1. The molecule has 0 fully saturated rings. The van der Waals surface area contributed by atoms with E-state index in [1.807, 2.05) is 13.8 Å². The van der Waals surface area contributed by atoms with E-state index in [9.17, 15) is 13.2 Å². The monoisotopic (exact) mass is 298 g/mol. The Kier molecular flexibility index (Phi) is 5.71. The van der Waals surface area contributed by atoms with Crippen LogP contribution >= 0.6 is 0 Å². The summed E-state index contributed by atoms with van der Waals surface area (Å²) in [4.78, 5) is 12.3. The third-order valence-corrected chi connectivity index (χ3v) is 4.05. The van der Waals surface area contributed by atoms with E-state index in [1.165, 1.54) is 12.1 Å². The van der Waals surface area contributed by atoms with E-state index in [2.05, 4.69) is 5.32 Å². The first kappa shape index (κ1) is 16.7. The van der Waals surface area contributed by atoms with Crippen LogP contribution < -0.4 is 11.1 Å². The normalized spacial score (nSPS) is 13.2. The van der Waals surface area contributed by atoms with Crippen LogP contribution in [-0.2, 0) is 14.6 Å². The zero-order valence-electron chi connectivity index (χ0n) is 12.1. The molecule has 0 bridgehead atoms. The average molecular weight is 298 g/mol. The van der Waals surface area contributed by atoms with Gasteiger partial charge in [-0.3, -0.25) is 4.79 Å². The molecule has 1 atom stereocenters. The molecule has 1 amide bonds. The van der Waals surface area contributed by atoms with E-state index in [0.29, 0.717) is 18.0 Å². The zero-order chi connectivity index (χ0) is 15.3. The largest absolute Gasteiger partial charge is 0.330 e. The number of rotatable bonds is 6. The van der Waals surface area contributed by atoms with Crippen molar-refractivity contribution in [3.05, 3.63) is 24.3 Å². The van der Waals surface area contributed by atoms with Crippen LogP contribution in [0.5, 0.6) is 0 Å². The van der Waals surface area contributed by atoms with Gasteiger partial charge in [-0.25, -0.2) is 8.42 Å². The summed E-state index contributed by atoms with van der Waals surface area (Å²) in [6.45, 7) is 4.33. The van der Waals surface area contributed by atoms with Crippen molar-refractivity contribution in [3.63, 3.8) is 0 Å². The molecule has 0 heterocycles. The Hall–Kier alpha value is -1.40. The van der Waals surface area contributed by atoms with E-state index < -0.39 is 9.84 Å². The number of sulfone groups is 1. The van der Waals surface area contributed by atoms with Gasteiger partial charge in [0.1, 0.15) is 0 Å². The quantitative estimate of drug-likeness (QED) is 0.835. The smallest absolute Gasteiger partial charge is 0.228 e. The summed E-state index contributed by atoms with van der Waals surface area (Å²) < 4.78 is 22.9. The fourth-order valence-electron chi connectivity index (χ4n) is 1.93. The van der Waals surface area contributed by atoms with E-state index in [-0.39, 0.29) is 23.3 Å². The van der Waals surface area contributed by atoms with Crippen molar-refractivity contribution in [2.45, 2.75) is 25.2 Å². The van der Waals surface area contributed by atoms with E-state index in [1.54, 1.807) is 12.1 Å². The number of anilines is 1. The van der Waals surface area contributed by atoms with Gasteiger partial charge in [0.05, 0.1) is 10.8 Å². The lowest BCUT2D eigenvalue weighted by Gasteiger charge is -2.17. The lowest BCUT2D eigenvalue weighted by atomic mass is 9.96. The first-order valence-corrected chi connectivity index (χ1v) is 8.44. The average Bonchev–Trinajstić information content (AvgIpc) is 2.34. The minimum atomic E-state index is -3.28. The molecular weight excluding hydrogens is 276 g/mol. The molecule has 0 aliphatic carbocycles. The molecule has 112 valence electrons. The molecule has 1 aromatic carbocycles. The summed E-state index contributed by atoms with van der Waals surface area (Å²) in [6.07, 6.45) is 1.84. The molecular formula is C14H22N2O3S. The van der Waals surface area contributed by atoms with E-state index in [4.69, 9.17) is 5.73 Å². The molecule has 0 aromatic heterocycles. The fourth-order valence-corrected chi connectivity index (χ4v) is 2.59. The van der Waals surface area contributed by atoms with Gasteiger partial charge in [-0.1, -0.05) is 19.9 Å². The van der Waals surface area contributed by atoms with Crippen LogP contribution in [0, 0.1) is 11.8 Å². The Morgan fingerprint density at radius 2 is 2.00 bits per heavy atom. The standard InChI is InChI=1S/C14H22N2O3S/c1-10(2)7-11(9-15)14(17)16-12-5-4-6-13(8-12)20(3,18)19/h4-6,8,10-11H,7,9,15H2,1-3H3,(H,16,17). The molecule has 3 N–H and O–H groups in total. The third kappa shape index (κ3) is 4.94. The van der Waals surface area contributed by atoms with Crippen molar-refractivity contribution in [1.82, 2.24) is 0 Å². The molecule has 0 aliphatic heterocycles. The van der Waals surface area contributed by atoms with Crippen LogP contribution in [0.3, 0.4) is 0 Å². The van der Waals surface area contributed by atoms with E-state index >= 15 is 0 Å². The second-order valence-electron chi connectivity index (χ2n) is 5.35. The molecule has 0 saturated carbocycles. The number of benzene rings is 1. The highest BCUT2D eigenvalue weighted by Gasteiger charge is 2.18. The van der Waals surface area contributed by atoms with Gasteiger partial charge in [0, 0.05) is 18.5 Å². The summed E-state index contributed by atoms with van der Waals surface area (Å²) in [5, 5.41) is 2.73. The van der Waals surface area contributed by atoms with Gasteiger partial charge in [0.2, 0.25) is 5.91 Å². The van der Waals surface area contributed by atoms with Gasteiger partial charge in [0.15, 0.2) is 9.84 Å². The summed E-state index contributed by atoms with van der Waals surface area (Å²) in [5.74, 6) is -0.0691. The minimum absolute atomic E-state index is 0.174. The molecule has 0 aliphatic rings. The maximum Gasteiger partial charge on any atom is 0.228 e. The van der Waals surface area contributed by atoms with Crippen molar-refractivity contribution >= 4 is 21.4 Å². The van der Waals surface area contributed by atoms with Crippen molar-refractivity contribution in [1.29, 1.82) is 0 Å². The van der Waals surface area contributed by atoms with Crippen molar-refractivity contribution < 1.29 is 13.2 Å². The molecule has 1 rings (SSSR count). The Morgan fingerprint density at radius 1 is 1.35 bits per heavy atom. The highest BCUT2D eigenvalue weighted by Crippen LogP contribution is 2.18. The number of hydrogen-bond donors (Lipinski definition) is 2. The number of carbonyl (C=O) groups excluding carboxylic acids is 1. The van der Waals surface area contributed by atoms with E-state index in [0.717, 1.165) is 6.26 Å². The van der Waals surface area contributed by atoms with Gasteiger partial charge >= 0.3 is 0 Å². The SMILES string of the molecule is CC(C)CC(CN)C(=O)Nc1cccc(S(C)(=O)=O)c1. The van der Waals surface area contributed by atoms with Crippen molar-refractivity contribution in [3.8, 4) is 0 Å². The highest BCUT2D eigenvalue weighted by atomic mass is 32.2. The Balaban J connectivity index is 2.85. The third-order valence-electron chi connectivity index (χ3n) is 2.94. The van der Waals surface area contributed by atoms with Gasteiger partial charge in [-0.15, -0.1) is 0 Å². The minimum Gasteiger partial charge on any atom is -0.330 e. The first-order chi connectivity index (χ1) is 9.24. The Morgan fingerprint density at radius 3 is 2.50 bits per heavy atom. The van der Waals surface area contributed by atoms with Crippen LogP contribution in [0.15, 0.2) is 29.2 Å². The molecule has 5 nitrogen and oxygen atoms in total. The summed E-state index contributed by atoms with van der Waals surface area (Å²) in [7, 11) is -3.28. The molecule has 0 saturated heterocycles. The van der Waals surface area contributed by atoms with Crippen LogP contribution in [0.1, 0.15) is 20.3 Å². The van der Waals surface area contributed by atoms with Gasteiger partial charge in [-0.2, -0.15) is 0 Å². The first-order valence-electron chi connectivity index (χ1n) is 6.55. The Bertz CT molecular complexity index is 568. The summed E-state index contributed by atoms with van der Waals surface area (Å²) in [6, 6.07) is 6.22. The van der Waals surface area contributed by atoms with Crippen molar-refractivity contribution in [2.24, 2.45) is 17.6 Å². The molecule has 1 unspecified atom stereocenters. The second kappa shape index (κ2) is 6.85. The summed E-state index contributed by atoms with van der Waals surface area (Å²) >= 11 is 0. The maximum absolute atomic E-state index is 12.1. The highest BCUT2D eigenvalue weighted by molar-refractivity contribution is 7.90. The van der Waals surface area contributed by atoms with Crippen LogP contribution in [-0.4, -0.2) is 27.1 Å². The van der Waals surface area contributed by atoms with Gasteiger partial charge in [-0.05, 0) is 30.5 Å². The molecule has 20 heavy (non-hydrogen) atoms. The van der Waals surface area contributed by atoms with Gasteiger partial charge < -0.3 is 11.1 Å². The summed E-state index contributed by atoms with van der Waals surface area (Å²) in [5.41, 5.74) is 6.09. The predicted octanol–water partition coefficient (Wildman–Crippen LogP) is 1.65. The van der Waals surface area contributed by atoms with Crippen LogP contribution in [0.25, 0.3) is 0 Å². The maximum atomic E-state index is 12.1. The predicted molar refractivity (Wildman–Crippen MR) is 80.2 cm³/mol. The van der Waals surface area contributed by atoms with Crippen LogP contribution in [0.2, 0.25) is 0 Å². The van der Waals surface area contributed by atoms with Crippen LogP contribution in [0.4, 0.5) is 5.69 Å². The lowest BCUT2D eigenvalue weighted by Crippen LogP contribution is -2.30. The number of nitrogens with one attached hydrogen (secondary N) is 1. The van der Waals surface area contributed by atoms with Crippen molar-refractivity contribution in [2.75, 3.05) is 18.1 Å². The topological polar surface area (TPSA) is 89.3 Å².